The third kappa shape index (κ3) is 4.27. The Bertz CT molecular complexity index is 624. The summed E-state index contributed by atoms with van der Waals surface area (Å²) < 4.78 is 0. The molecule has 1 aromatic rings. The maximum absolute atomic E-state index is 12.0. The molecule has 9 heteroatoms. The number of aliphatic hydroxyl groups is 1. The molecule has 2 aliphatic heterocycles. The normalized spacial score (nSPS) is 23.3. The Labute approximate surface area is 149 Å². The van der Waals surface area contributed by atoms with Crippen molar-refractivity contribution in [2.24, 2.45) is 0 Å². The van der Waals surface area contributed by atoms with Crippen molar-refractivity contribution in [2.75, 3.05) is 17.6 Å². The number of anilines is 1. The van der Waals surface area contributed by atoms with E-state index in [9.17, 15) is 19.5 Å². The molecule has 2 heterocycles. The van der Waals surface area contributed by atoms with E-state index in [-0.39, 0.29) is 47.8 Å². The number of thioether (sulfide) groups is 1. The molecule has 3 amide bonds. The van der Waals surface area contributed by atoms with Gasteiger partial charge in [0.2, 0.25) is 11.8 Å². The van der Waals surface area contributed by atoms with Crippen LogP contribution in [0.2, 0.25) is 0 Å². The number of β-amino-alcohol motifs (C(OH)–C–C–N with tert-alkyl or cyclic N) is 1. The van der Waals surface area contributed by atoms with Crippen LogP contribution in [0.25, 0.3) is 0 Å². The second-order valence-electron chi connectivity index (χ2n) is 5.57. The molecule has 0 saturated carbocycles. The number of hydrogen-bond donors (Lipinski definition) is 3. The zero-order valence-corrected chi connectivity index (χ0v) is 14.4. The van der Waals surface area contributed by atoms with Gasteiger partial charge in [-0.3, -0.25) is 19.3 Å². The molecule has 0 aromatic heterocycles. The Hall–Kier alpha value is -1.61. The van der Waals surface area contributed by atoms with Gasteiger partial charge in [0.15, 0.2) is 0 Å². The van der Waals surface area contributed by atoms with Crippen LogP contribution in [0.15, 0.2) is 24.3 Å². The lowest BCUT2D eigenvalue weighted by Crippen LogP contribution is -2.35. The van der Waals surface area contributed by atoms with Crippen LogP contribution in [0.5, 0.6) is 0 Å². The van der Waals surface area contributed by atoms with E-state index in [1.807, 2.05) is 0 Å². The second kappa shape index (κ2) is 7.98. The summed E-state index contributed by atoms with van der Waals surface area (Å²) in [5.41, 5.74) is 1.46. The van der Waals surface area contributed by atoms with Crippen molar-refractivity contribution in [1.82, 2.24) is 10.2 Å². The van der Waals surface area contributed by atoms with E-state index in [4.69, 9.17) is 0 Å². The highest BCUT2D eigenvalue weighted by molar-refractivity contribution is 8.14. The van der Waals surface area contributed by atoms with Crippen molar-refractivity contribution >= 4 is 46.9 Å². The maximum Gasteiger partial charge on any atom is 0.289 e. The molecular weight excluding hydrogens is 354 g/mol. The molecule has 0 radical (unpaired) electrons. The van der Waals surface area contributed by atoms with Crippen LogP contribution in [0.3, 0.4) is 0 Å². The Kier molecular flexibility index (Phi) is 6.22. The molecule has 130 valence electrons. The van der Waals surface area contributed by atoms with E-state index in [0.29, 0.717) is 18.7 Å². The van der Waals surface area contributed by atoms with E-state index in [2.05, 4.69) is 10.6 Å². The minimum Gasteiger partial charge on any atom is -0.392 e. The summed E-state index contributed by atoms with van der Waals surface area (Å²) >= 11 is 1.01. The summed E-state index contributed by atoms with van der Waals surface area (Å²) in [6, 6.07) is 6.63. The Balaban J connectivity index is 0.00000208. The van der Waals surface area contributed by atoms with Crippen LogP contribution in [0.4, 0.5) is 10.5 Å². The van der Waals surface area contributed by atoms with Crippen molar-refractivity contribution in [2.45, 2.75) is 25.1 Å². The average Bonchev–Trinajstić information content (AvgIpc) is 3.10. The molecule has 3 N–H and O–H groups in total. The highest BCUT2D eigenvalue weighted by Gasteiger charge is 2.30. The van der Waals surface area contributed by atoms with E-state index >= 15 is 0 Å². The first-order valence-corrected chi connectivity index (χ1v) is 8.30. The van der Waals surface area contributed by atoms with E-state index in [0.717, 1.165) is 17.3 Å². The molecule has 2 saturated heterocycles. The molecule has 2 fully saturated rings. The van der Waals surface area contributed by atoms with Crippen molar-refractivity contribution in [3.8, 4) is 0 Å². The number of carbonyl (C=O) groups excluding carboxylic acids is 3. The largest absolute Gasteiger partial charge is 0.392 e. The highest BCUT2D eigenvalue weighted by Crippen LogP contribution is 2.22. The molecule has 0 aliphatic carbocycles. The fourth-order valence-electron chi connectivity index (χ4n) is 2.56. The molecule has 1 aromatic carbocycles. The Morgan fingerprint density at radius 2 is 2.04 bits per heavy atom. The molecule has 7 nitrogen and oxygen atoms in total. The van der Waals surface area contributed by atoms with Gasteiger partial charge in [-0.1, -0.05) is 23.9 Å². The standard InChI is InChI=1S/C15H17N3O4S.ClH/c19-11-5-12(16-6-11)14(21)17-10-3-1-9(2-4-10)7-18-13(20)8-23-15(18)22;/h1-4,11-12,16,19H,5-8H2,(H,17,21);1H. The van der Waals surface area contributed by atoms with Crippen molar-refractivity contribution in [1.29, 1.82) is 0 Å². The minimum atomic E-state index is -0.485. The van der Waals surface area contributed by atoms with Gasteiger partial charge in [0, 0.05) is 12.2 Å². The van der Waals surface area contributed by atoms with Gasteiger partial charge in [-0.25, -0.2) is 0 Å². The molecule has 24 heavy (non-hydrogen) atoms. The van der Waals surface area contributed by atoms with Gasteiger partial charge >= 0.3 is 0 Å². The molecule has 0 spiro atoms. The van der Waals surface area contributed by atoms with Crippen molar-refractivity contribution < 1.29 is 19.5 Å². The molecule has 2 unspecified atom stereocenters. The number of halogens is 1. The van der Waals surface area contributed by atoms with Crippen LogP contribution in [0, 0.1) is 0 Å². The van der Waals surface area contributed by atoms with Crippen LogP contribution < -0.4 is 10.6 Å². The number of imide groups is 1. The first kappa shape index (κ1) is 18.7. The van der Waals surface area contributed by atoms with Crippen LogP contribution in [-0.2, 0) is 16.1 Å². The number of hydrogen-bond acceptors (Lipinski definition) is 6. The van der Waals surface area contributed by atoms with Gasteiger partial charge < -0.3 is 15.7 Å². The second-order valence-corrected chi connectivity index (χ2v) is 6.50. The summed E-state index contributed by atoms with van der Waals surface area (Å²) in [6.07, 6.45) is -0.0812. The quantitative estimate of drug-likeness (QED) is 0.729. The molecule has 0 bridgehead atoms. The fraction of sp³-hybridized carbons (Fsp3) is 0.400. The zero-order valence-electron chi connectivity index (χ0n) is 12.7. The smallest absolute Gasteiger partial charge is 0.289 e. The first-order valence-electron chi connectivity index (χ1n) is 7.31. The fourth-order valence-corrected chi connectivity index (χ4v) is 3.28. The number of rotatable bonds is 4. The average molecular weight is 372 g/mol. The monoisotopic (exact) mass is 371 g/mol. The molecule has 2 aliphatic rings. The Morgan fingerprint density at radius 3 is 2.58 bits per heavy atom. The van der Waals surface area contributed by atoms with E-state index < -0.39 is 6.10 Å². The van der Waals surface area contributed by atoms with Crippen LogP contribution in [-0.4, -0.2) is 51.5 Å². The van der Waals surface area contributed by atoms with Gasteiger partial charge in [0.1, 0.15) is 0 Å². The minimum absolute atomic E-state index is 0. The predicted molar refractivity (Wildman–Crippen MR) is 93.1 cm³/mol. The maximum atomic E-state index is 12.0. The number of aliphatic hydroxyl groups excluding tert-OH is 1. The van der Waals surface area contributed by atoms with Crippen LogP contribution in [0.1, 0.15) is 12.0 Å². The van der Waals surface area contributed by atoms with Gasteiger partial charge in [-0.15, -0.1) is 12.4 Å². The van der Waals surface area contributed by atoms with Gasteiger partial charge in [-0.2, -0.15) is 0 Å². The summed E-state index contributed by atoms with van der Waals surface area (Å²) in [4.78, 5) is 36.4. The zero-order chi connectivity index (χ0) is 16.4. The lowest BCUT2D eigenvalue weighted by molar-refractivity contribution is -0.125. The summed E-state index contributed by atoms with van der Waals surface area (Å²) in [5.74, 6) is -0.161. The number of nitrogens with zero attached hydrogens (tertiary/aromatic N) is 1. The van der Waals surface area contributed by atoms with Crippen molar-refractivity contribution in [3.63, 3.8) is 0 Å². The Morgan fingerprint density at radius 1 is 1.33 bits per heavy atom. The lowest BCUT2D eigenvalue weighted by Gasteiger charge is -2.14. The topological polar surface area (TPSA) is 98.7 Å². The highest BCUT2D eigenvalue weighted by atomic mass is 35.5. The summed E-state index contributed by atoms with van der Waals surface area (Å²) in [6.45, 7) is 0.669. The van der Waals surface area contributed by atoms with Crippen molar-refractivity contribution in [3.05, 3.63) is 29.8 Å². The number of carbonyl (C=O) groups is 3. The van der Waals surface area contributed by atoms with Gasteiger partial charge in [-0.05, 0) is 24.1 Å². The molecular formula is C15H18ClN3O4S. The SMILES string of the molecule is Cl.O=C(Nc1ccc(CN2C(=O)CSC2=O)cc1)C1CC(O)CN1. The number of benzene rings is 1. The lowest BCUT2D eigenvalue weighted by atomic mass is 10.1. The third-order valence-corrected chi connectivity index (χ3v) is 4.69. The molecule has 3 rings (SSSR count). The summed E-state index contributed by atoms with van der Waals surface area (Å²) in [5, 5.41) is 14.9. The van der Waals surface area contributed by atoms with E-state index in [1.165, 1.54) is 4.90 Å². The van der Waals surface area contributed by atoms with Gasteiger partial charge in [0.25, 0.3) is 5.24 Å². The number of amides is 3. The first-order chi connectivity index (χ1) is 11.0. The van der Waals surface area contributed by atoms with Gasteiger partial charge in [0.05, 0.1) is 24.4 Å². The van der Waals surface area contributed by atoms with Crippen LogP contribution >= 0.6 is 24.2 Å². The molecule has 2 atom stereocenters. The third-order valence-electron chi connectivity index (χ3n) is 3.83. The number of nitrogens with one attached hydrogen (secondary N) is 2. The summed E-state index contributed by atoms with van der Waals surface area (Å²) in [7, 11) is 0. The predicted octanol–water partition coefficient (Wildman–Crippen LogP) is 0.965. The van der Waals surface area contributed by atoms with E-state index in [1.54, 1.807) is 24.3 Å².